The maximum atomic E-state index is 12.6. The van der Waals surface area contributed by atoms with Crippen LogP contribution < -0.4 is 14.8 Å². The van der Waals surface area contributed by atoms with Crippen LogP contribution in [0.2, 0.25) is 0 Å². The molecule has 2 aromatic rings. The second kappa shape index (κ2) is 9.99. The highest BCUT2D eigenvalue weighted by molar-refractivity contribution is 5.91. The third kappa shape index (κ3) is 5.39. The number of nitrogens with zero attached hydrogens (tertiary/aromatic N) is 2. The van der Waals surface area contributed by atoms with Crippen molar-refractivity contribution in [3.63, 3.8) is 0 Å². The molecular formula is C22H29N3O3. The van der Waals surface area contributed by atoms with Crippen molar-refractivity contribution in [3.8, 4) is 11.5 Å². The predicted octanol–water partition coefficient (Wildman–Crippen LogP) is 3.49. The molecule has 1 aliphatic rings. The average Bonchev–Trinajstić information content (AvgIpc) is 2.75. The van der Waals surface area contributed by atoms with Gasteiger partial charge in [0.05, 0.1) is 19.9 Å². The Morgan fingerprint density at radius 1 is 1.00 bits per heavy atom. The zero-order chi connectivity index (χ0) is 19.8. The zero-order valence-corrected chi connectivity index (χ0v) is 16.7. The fourth-order valence-electron chi connectivity index (χ4n) is 3.42. The third-order valence-electron chi connectivity index (χ3n) is 5.09. The lowest BCUT2D eigenvalue weighted by molar-refractivity contribution is 0.146. The molecule has 28 heavy (non-hydrogen) atoms. The molecule has 2 aromatic carbocycles. The van der Waals surface area contributed by atoms with Crippen molar-refractivity contribution in [2.24, 2.45) is 0 Å². The summed E-state index contributed by atoms with van der Waals surface area (Å²) in [6.45, 7) is 4.34. The lowest BCUT2D eigenvalue weighted by Gasteiger charge is -2.34. The highest BCUT2D eigenvalue weighted by Crippen LogP contribution is 2.29. The Hall–Kier alpha value is -2.73. The summed E-state index contributed by atoms with van der Waals surface area (Å²) in [6.07, 6.45) is 2.23. The average molecular weight is 383 g/mol. The largest absolute Gasteiger partial charge is 0.497 e. The van der Waals surface area contributed by atoms with Gasteiger partial charge in [-0.1, -0.05) is 30.3 Å². The van der Waals surface area contributed by atoms with E-state index in [0.29, 0.717) is 17.2 Å². The fourth-order valence-corrected chi connectivity index (χ4v) is 3.42. The van der Waals surface area contributed by atoms with Crippen molar-refractivity contribution in [2.75, 3.05) is 52.3 Å². The maximum Gasteiger partial charge on any atom is 0.322 e. The molecule has 1 fully saturated rings. The Balaban J connectivity index is 1.43. The number of piperazine rings is 1. The smallest absolute Gasteiger partial charge is 0.322 e. The Morgan fingerprint density at radius 2 is 1.75 bits per heavy atom. The summed E-state index contributed by atoms with van der Waals surface area (Å²) in [6, 6.07) is 15.9. The minimum atomic E-state index is -0.0904. The van der Waals surface area contributed by atoms with Gasteiger partial charge in [0.25, 0.3) is 0 Å². The van der Waals surface area contributed by atoms with Crippen molar-refractivity contribution in [3.05, 3.63) is 54.1 Å². The first-order valence-electron chi connectivity index (χ1n) is 9.74. The number of anilines is 1. The summed E-state index contributed by atoms with van der Waals surface area (Å²) in [5.41, 5.74) is 2.03. The number of hydrogen-bond acceptors (Lipinski definition) is 4. The molecule has 0 saturated carbocycles. The van der Waals surface area contributed by atoms with Crippen molar-refractivity contribution < 1.29 is 14.3 Å². The second-order valence-electron chi connectivity index (χ2n) is 6.91. The van der Waals surface area contributed by atoms with Gasteiger partial charge in [-0.2, -0.15) is 0 Å². The molecule has 0 spiro atoms. The molecular weight excluding hydrogens is 354 g/mol. The molecule has 1 aliphatic heterocycles. The molecule has 0 bridgehead atoms. The quantitative estimate of drug-likeness (QED) is 0.795. The lowest BCUT2D eigenvalue weighted by atomic mass is 10.1. The summed E-state index contributed by atoms with van der Waals surface area (Å²) in [4.78, 5) is 16.9. The van der Waals surface area contributed by atoms with Crippen LogP contribution in [0.1, 0.15) is 12.0 Å². The first-order chi connectivity index (χ1) is 13.7. The molecule has 0 aliphatic carbocycles. The second-order valence-corrected chi connectivity index (χ2v) is 6.91. The van der Waals surface area contributed by atoms with Crippen LogP contribution in [-0.2, 0) is 6.42 Å². The molecule has 150 valence electrons. The van der Waals surface area contributed by atoms with E-state index in [0.717, 1.165) is 45.6 Å². The number of carbonyl (C=O) groups is 1. The minimum absolute atomic E-state index is 0.0904. The van der Waals surface area contributed by atoms with Crippen LogP contribution in [0.15, 0.2) is 48.5 Å². The van der Waals surface area contributed by atoms with Gasteiger partial charge in [0.15, 0.2) is 0 Å². The topological polar surface area (TPSA) is 54.0 Å². The number of rotatable bonds is 7. The molecule has 1 N–H and O–H groups in total. The molecule has 1 heterocycles. The van der Waals surface area contributed by atoms with E-state index in [1.165, 1.54) is 5.56 Å². The van der Waals surface area contributed by atoms with Crippen LogP contribution in [0, 0.1) is 0 Å². The highest BCUT2D eigenvalue weighted by atomic mass is 16.5. The number of urea groups is 1. The number of carbonyl (C=O) groups excluding carboxylic acids is 1. The number of amides is 2. The van der Waals surface area contributed by atoms with E-state index in [1.807, 2.05) is 11.0 Å². The molecule has 0 unspecified atom stereocenters. The first-order valence-corrected chi connectivity index (χ1v) is 9.74. The van der Waals surface area contributed by atoms with Crippen molar-refractivity contribution in [2.45, 2.75) is 12.8 Å². The van der Waals surface area contributed by atoms with E-state index in [1.54, 1.807) is 26.4 Å². The van der Waals surface area contributed by atoms with Crippen LogP contribution in [0.3, 0.4) is 0 Å². The van der Waals surface area contributed by atoms with E-state index in [9.17, 15) is 4.79 Å². The molecule has 0 atom stereocenters. The van der Waals surface area contributed by atoms with Gasteiger partial charge in [-0.05, 0) is 37.1 Å². The number of nitrogens with one attached hydrogen (secondary N) is 1. The lowest BCUT2D eigenvalue weighted by Crippen LogP contribution is -2.50. The number of methoxy groups -OCH3 is 2. The molecule has 6 nitrogen and oxygen atoms in total. The van der Waals surface area contributed by atoms with Gasteiger partial charge in [0.1, 0.15) is 11.5 Å². The van der Waals surface area contributed by atoms with Crippen molar-refractivity contribution >= 4 is 11.7 Å². The van der Waals surface area contributed by atoms with E-state index < -0.39 is 0 Å². The SMILES string of the molecule is COc1ccc(NC(=O)N2CCN(CCCc3ccccc3)CC2)c(OC)c1. The van der Waals surface area contributed by atoms with Gasteiger partial charge in [0, 0.05) is 32.2 Å². The molecule has 6 heteroatoms. The molecule has 2 amide bonds. The van der Waals surface area contributed by atoms with E-state index in [4.69, 9.17) is 9.47 Å². The van der Waals surface area contributed by atoms with Gasteiger partial charge < -0.3 is 19.7 Å². The third-order valence-corrected chi connectivity index (χ3v) is 5.09. The Bertz CT molecular complexity index is 759. The predicted molar refractivity (Wildman–Crippen MR) is 111 cm³/mol. The number of aryl methyl sites for hydroxylation is 1. The van der Waals surface area contributed by atoms with Gasteiger partial charge >= 0.3 is 6.03 Å². The molecule has 3 rings (SSSR count). The van der Waals surface area contributed by atoms with E-state index in [-0.39, 0.29) is 6.03 Å². The highest BCUT2D eigenvalue weighted by Gasteiger charge is 2.21. The summed E-state index contributed by atoms with van der Waals surface area (Å²) in [7, 11) is 3.19. The first kappa shape index (κ1) is 20.0. The van der Waals surface area contributed by atoms with Gasteiger partial charge in [-0.15, -0.1) is 0 Å². The normalized spacial score (nSPS) is 14.6. The van der Waals surface area contributed by atoms with Gasteiger partial charge in [0.2, 0.25) is 0 Å². The minimum Gasteiger partial charge on any atom is -0.497 e. The van der Waals surface area contributed by atoms with E-state index >= 15 is 0 Å². The Morgan fingerprint density at radius 3 is 2.43 bits per heavy atom. The Kier molecular flexibility index (Phi) is 7.14. The summed E-state index contributed by atoms with van der Waals surface area (Å²) in [5.74, 6) is 1.28. The maximum absolute atomic E-state index is 12.6. The van der Waals surface area contributed by atoms with Crippen LogP contribution in [0.4, 0.5) is 10.5 Å². The van der Waals surface area contributed by atoms with Crippen LogP contribution in [0.5, 0.6) is 11.5 Å². The zero-order valence-electron chi connectivity index (χ0n) is 16.7. The van der Waals surface area contributed by atoms with Gasteiger partial charge in [-0.25, -0.2) is 4.79 Å². The van der Waals surface area contributed by atoms with Crippen LogP contribution in [-0.4, -0.2) is 62.8 Å². The molecule has 0 aromatic heterocycles. The van der Waals surface area contributed by atoms with Crippen LogP contribution in [0.25, 0.3) is 0 Å². The summed E-state index contributed by atoms with van der Waals surface area (Å²) in [5, 5.41) is 2.95. The monoisotopic (exact) mass is 383 g/mol. The van der Waals surface area contributed by atoms with Crippen molar-refractivity contribution in [1.29, 1.82) is 0 Å². The summed E-state index contributed by atoms with van der Waals surface area (Å²) < 4.78 is 10.5. The number of hydrogen-bond donors (Lipinski definition) is 1. The summed E-state index contributed by atoms with van der Waals surface area (Å²) >= 11 is 0. The van der Waals surface area contributed by atoms with Crippen LogP contribution >= 0.6 is 0 Å². The number of ether oxygens (including phenoxy) is 2. The molecule has 1 saturated heterocycles. The Labute approximate surface area is 167 Å². The fraction of sp³-hybridized carbons (Fsp3) is 0.409. The molecule has 0 radical (unpaired) electrons. The standard InChI is InChI=1S/C22H29N3O3/c1-27-19-10-11-20(21(17-19)28-2)23-22(26)25-15-13-24(14-16-25)12-6-9-18-7-4-3-5-8-18/h3-5,7-8,10-11,17H,6,9,12-16H2,1-2H3,(H,23,26). The van der Waals surface area contributed by atoms with Gasteiger partial charge in [-0.3, -0.25) is 4.90 Å². The van der Waals surface area contributed by atoms with Crippen molar-refractivity contribution in [1.82, 2.24) is 9.80 Å². The number of benzene rings is 2. The van der Waals surface area contributed by atoms with E-state index in [2.05, 4.69) is 40.5 Å².